The van der Waals surface area contributed by atoms with Crippen LogP contribution < -0.4 is 5.32 Å². The lowest BCUT2D eigenvalue weighted by Gasteiger charge is -2.04. The maximum absolute atomic E-state index is 13.0. The molecule has 5 nitrogen and oxygen atoms in total. The van der Waals surface area contributed by atoms with Gasteiger partial charge < -0.3 is 5.32 Å². The highest BCUT2D eigenvalue weighted by Crippen LogP contribution is 2.25. The second-order valence-corrected chi connectivity index (χ2v) is 5.39. The van der Waals surface area contributed by atoms with Crippen LogP contribution in [0, 0.1) is 15.9 Å². The van der Waals surface area contributed by atoms with Gasteiger partial charge in [-0.1, -0.05) is 11.3 Å². The second kappa shape index (κ2) is 5.45. The molecule has 1 heterocycles. The molecule has 1 aromatic carbocycles. The van der Waals surface area contributed by atoms with E-state index in [9.17, 15) is 19.3 Å². The van der Waals surface area contributed by atoms with Crippen molar-refractivity contribution < 1.29 is 14.1 Å². The zero-order chi connectivity index (χ0) is 14.0. The zero-order valence-electron chi connectivity index (χ0n) is 9.22. The van der Waals surface area contributed by atoms with E-state index in [2.05, 4.69) is 21.2 Å². The fourth-order valence-electron chi connectivity index (χ4n) is 1.31. The Kier molecular flexibility index (Phi) is 3.91. The summed E-state index contributed by atoms with van der Waals surface area (Å²) in [6.07, 6.45) is 0. The third kappa shape index (κ3) is 3.15. The predicted octanol–water partition coefficient (Wildman–Crippen LogP) is 3.81. The summed E-state index contributed by atoms with van der Waals surface area (Å²) in [6, 6.07) is 6.66. The first-order chi connectivity index (χ1) is 8.97. The minimum atomic E-state index is -0.560. The van der Waals surface area contributed by atoms with Crippen molar-refractivity contribution in [3.8, 4) is 0 Å². The van der Waals surface area contributed by atoms with Crippen molar-refractivity contribution in [2.24, 2.45) is 0 Å². The van der Waals surface area contributed by atoms with Crippen LogP contribution in [0.5, 0.6) is 0 Å². The van der Waals surface area contributed by atoms with Crippen molar-refractivity contribution in [3.05, 3.63) is 55.6 Å². The predicted molar refractivity (Wildman–Crippen MR) is 73.0 cm³/mol. The number of nitro groups is 1. The topological polar surface area (TPSA) is 72.2 Å². The summed E-state index contributed by atoms with van der Waals surface area (Å²) in [6.45, 7) is 0. The highest BCUT2D eigenvalue weighted by atomic mass is 79.9. The van der Waals surface area contributed by atoms with Crippen LogP contribution in [0.15, 0.2) is 34.8 Å². The molecule has 0 radical (unpaired) electrons. The maximum atomic E-state index is 13.0. The highest BCUT2D eigenvalue weighted by Gasteiger charge is 2.15. The lowest BCUT2D eigenvalue weighted by molar-refractivity contribution is -0.380. The molecule has 0 unspecified atom stereocenters. The van der Waals surface area contributed by atoms with Gasteiger partial charge in [-0.3, -0.25) is 14.9 Å². The van der Waals surface area contributed by atoms with Crippen LogP contribution in [0.1, 0.15) is 9.67 Å². The molecule has 0 aliphatic heterocycles. The van der Waals surface area contributed by atoms with Gasteiger partial charge in [-0.2, -0.15) is 0 Å². The van der Waals surface area contributed by atoms with E-state index < -0.39 is 16.6 Å². The van der Waals surface area contributed by atoms with E-state index in [0.717, 1.165) is 11.3 Å². The lowest BCUT2D eigenvalue weighted by atomic mass is 10.3. The Morgan fingerprint density at radius 2 is 2.11 bits per heavy atom. The molecule has 0 spiro atoms. The van der Waals surface area contributed by atoms with Crippen LogP contribution in [0.4, 0.5) is 15.1 Å². The summed E-state index contributed by atoms with van der Waals surface area (Å²) in [7, 11) is 0. The van der Waals surface area contributed by atoms with E-state index in [1.807, 2.05) is 0 Å². The summed E-state index contributed by atoms with van der Waals surface area (Å²) in [5, 5.41) is 12.9. The monoisotopic (exact) mass is 344 g/mol. The number of hydrogen-bond donors (Lipinski definition) is 1. The van der Waals surface area contributed by atoms with Crippen molar-refractivity contribution in [1.82, 2.24) is 0 Å². The molecule has 2 rings (SSSR count). The zero-order valence-corrected chi connectivity index (χ0v) is 11.6. The molecule has 2 aromatic rings. The molecule has 1 N–H and O–H groups in total. The first-order valence-corrected chi connectivity index (χ1v) is 6.59. The van der Waals surface area contributed by atoms with E-state index in [0.29, 0.717) is 5.69 Å². The van der Waals surface area contributed by atoms with Gasteiger partial charge in [0.15, 0.2) is 0 Å². The van der Waals surface area contributed by atoms with Crippen LogP contribution in [-0.4, -0.2) is 10.8 Å². The van der Waals surface area contributed by atoms with Crippen LogP contribution in [0.3, 0.4) is 0 Å². The SMILES string of the molecule is O=C(Nc1ccc(F)c(Br)c1)c1ccc([N+](=O)[O-])s1. The minimum absolute atomic E-state index is 0.106. The first-order valence-electron chi connectivity index (χ1n) is 4.98. The number of carbonyl (C=O) groups is 1. The largest absolute Gasteiger partial charge is 0.324 e. The molecule has 1 amide bonds. The summed E-state index contributed by atoms with van der Waals surface area (Å²) in [5.41, 5.74) is 0.398. The molecule has 0 aliphatic rings. The number of hydrogen-bond acceptors (Lipinski definition) is 4. The van der Waals surface area contributed by atoms with Gasteiger partial charge in [-0.05, 0) is 40.2 Å². The summed E-state index contributed by atoms with van der Waals surface area (Å²) in [4.78, 5) is 22.0. The van der Waals surface area contributed by atoms with E-state index in [-0.39, 0.29) is 14.4 Å². The maximum Gasteiger partial charge on any atom is 0.324 e. The lowest BCUT2D eigenvalue weighted by Crippen LogP contribution is -2.10. The van der Waals surface area contributed by atoms with Crippen molar-refractivity contribution in [3.63, 3.8) is 0 Å². The van der Waals surface area contributed by atoms with Gasteiger partial charge >= 0.3 is 5.00 Å². The number of rotatable bonds is 3. The van der Waals surface area contributed by atoms with Gasteiger partial charge in [0.2, 0.25) is 0 Å². The fourth-order valence-corrected chi connectivity index (χ4v) is 2.41. The summed E-state index contributed by atoms with van der Waals surface area (Å²) in [5.74, 6) is -0.915. The Balaban J connectivity index is 2.15. The molecule has 0 bridgehead atoms. The molecular weight excluding hydrogens is 339 g/mol. The molecule has 0 fully saturated rings. The third-order valence-electron chi connectivity index (χ3n) is 2.17. The van der Waals surface area contributed by atoms with Gasteiger partial charge in [-0.25, -0.2) is 4.39 Å². The Morgan fingerprint density at radius 3 is 2.68 bits per heavy atom. The van der Waals surface area contributed by atoms with E-state index >= 15 is 0 Å². The molecule has 8 heteroatoms. The van der Waals surface area contributed by atoms with Crippen molar-refractivity contribution in [1.29, 1.82) is 0 Å². The molecule has 0 saturated heterocycles. The van der Waals surface area contributed by atoms with Crippen molar-refractivity contribution in [2.45, 2.75) is 0 Å². The third-order valence-corrected chi connectivity index (χ3v) is 3.82. The number of nitrogens with zero attached hydrogens (tertiary/aromatic N) is 1. The molecule has 0 saturated carbocycles. The Labute approximate surface area is 119 Å². The number of carbonyl (C=O) groups excluding carboxylic acids is 1. The molecule has 0 aliphatic carbocycles. The molecule has 0 atom stereocenters. The fraction of sp³-hybridized carbons (Fsp3) is 0. The smallest absolute Gasteiger partial charge is 0.321 e. The number of benzene rings is 1. The standard InChI is InChI=1S/C11H6BrFN2O3S/c12-7-5-6(1-2-8(7)13)14-11(16)9-3-4-10(19-9)15(17)18/h1-5H,(H,14,16). The first kappa shape index (κ1) is 13.6. The average molecular weight is 345 g/mol. The number of halogens is 2. The van der Waals surface area contributed by atoms with Crippen molar-refractivity contribution in [2.75, 3.05) is 5.32 Å². The second-order valence-electron chi connectivity index (χ2n) is 3.48. The molecular formula is C11H6BrFN2O3S. The Bertz CT molecular complexity index is 659. The number of thiophene rings is 1. The Morgan fingerprint density at radius 1 is 1.37 bits per heavy atom. The van der Waals surface area contributed by atoms with Crippen LogP contribution in [-0.2, 0) is 0 Å². The van der Waals surface area contributed by atoms with Crippen LogP contribution >= 0.6 is 27.3 Å². The Hall–Kier alpha value is -1.80. The number of amides is 1. The molecule has 19 heavy (non-hydrogen) atoms. The van der Waals surface area contributed by atoms with Gasteiger partial charge in [0.05, 0.1) is 14.3 Å². The van der Waals surface area contributed by atoms with Gasteiger partial charge in [0.25, 0.3) is 5.91 Å². The average Bonchev–Trinajstić information content (AvgIpc) is 2.83. The van der Waals surface area contributed by atoms with Crippen molar-refractivity contribution >= 4 is 43.9 Å². The summed E-state index contributed by atoms with van der Waals surface area (Å²) < 4.78 is 13.2. The van der Waals surface area contributed by atoms with Crippen LogP contribution in [0.25, 0.3) is 0 Å². The van der Waals surface area contributed by atoms with Gasteiger partial charge in [0, 0.05) is 11.8 Å². The van der Waals surface area contributed by atoms with E-state index in [1.165, 1.54) is 30.3 Å². The van der Waals surface area contributed by atoms with E-state index in [4.69, 9.17) is 0 Å². The summed E-state index contributed by atoms with van der Waals surface area (Å²) >= 11 is 3.78. The van der Waals surface area contributed by atoms with E-state index in [1.54, 1.807) is 0 Å². The van der Waals surface area contributed by atoms with Gasteiger partial charge in [-0.15, -0.1) is 0 Å². The van der Waals surface area contributed by atoms with Crippen LogP contribution in [0.2, 0.25) is 0 Å². The quantitative estimate of drug-likeness (QED) is 0.679. The molecule has 98 valence electrons. The molecule has 1 aromatic heterocycles. The number of anilines is 1. The normalized spacial score (nSPS) is 10.2. The van der Waals surface area contributed by atoms with Gasteiger partial charge in [0.1, 0.15) is 5.82 Å². The highest BCUT2D eigenvalue weighted by molar-refractivity contribution is 9.10. The number of nitrogens with one attached hydrogen (secondary N) is 1. The minimum Gasteiger partial charge on any atom is -0.321 e.